The van der Waals surface area contributed by atoms with Crippen LogP contribution >= 0.6 is 15.9 Å². The summed E-state index contributed by atoms with van der Waals surface area (Å²) in [7, 11) is 0. The highest BCUT2D eigenvalue weighted by Gasteiger charge is 2.13. The third kappa shape index (κ3) is 3.82. The quantitative estimate of drug-likeness (QED) is 0.678. The number of benzene rings is 1. The molecule has 0 bridgehead atoms. The van der Waals surface area contributed by atoms with Crippen molar-refractivity contribution in [3.63, 3.8) is 0 Å². The molecule has 8 heteroatoms. The Labute approximate surface area is 128 Å². The number of carbonyl (C=O) groups is 2. The van der Waals surface area contributed by atoms with Crippen LogP contribution in [0.15, 0.2) is 35.1 Å². The number of anilines is 1. The molecule has 0 radical (unpaired) electrons. The number of hydrogen-bond acceptors (Lipinski definition) is 3. The number of carboxylic acids is 1. The Morgan fingerprint density at radius 3 is 2.76 bits per heavy atom. The number of aromatic amines is 1. The lowest BCUT2D eigenvalue weighted by Gasteiger charge is -2.13. The van der Waals surface area contributed by atoms with Crippen molar-refractivity contribution >= 4 is 33.6 Å². The zero-order valence-electron chi connectivity index (χ0n) is 11.1. The number of rotatable bonds is 4. The molecule has 0 aliphatic heterocycles. The van der Waals surface area contributed by atoms with Crippen molar-refractivity contribution < 1.29 is 14.7 Å². The Bertz CT molecular complexity index is 657. The molecule has 1 unspecified atom stereocenters. The van der Waals surface area contributed by atoms with Crippen LogP contribution in [0, 0.1) is 0 Å². The number of carboxylic acid groups (broad SMARTS) is 1. The van der Waals surface area contributed by atoms with Gasteiger partial charge in [0.15, 0.2) is 0 Å². The van der Waals surface area contributed by atoms with Crippen LogP contribution in [-0.4, -0.2) is 27.1 Å². The van der Waals surface area contributed by atoms with Gasteiger partial charge in [-0.1, -0.05) is 0 Å². The summed E-state index contributed by atoms with van der Waals surface area (Å²) in [5.74, 6) is -0.386. The van der Waals surface area contributed by atoms with Crippen molar-refractivity contribution in [2.24, 2.45) is 0 Å². The van der Waals surface area contributed by atoms with E-state index in [2.05, 4.69) is 36.5 Å². The lowest BCUT2D eigenvalue weighted by Crippen LogP contribution is -2.31. The molecule has 110 valence electrons. The number of H-pyrrole nitrogens is 1. The number of aromatic carboxylic acids is 1. The zero-order valence-corrected chi connectivity index (χ0v) is 12.6. The van der Waals surface area contributed by atoms with Crippen LogP contribution in [0.5, 0.6) is 0 Å². The summed E-state index contributed by atoms with van der Waals surface area (Å²) in [6, 6.07) is 3.66. The normalized spacial score (nSPS) is 11.7. The van der Waals surface area contributed by atoms with Crippen LogP contribution < -0.4 is 10.6 Å². The summed E-state index contributed by atoms with van der Waals surface area (Å²) in [6.07, 6.45) is 3.28. The van der Waals surface area contributed by atoms with Gasteiger partial charge in [0.05, 0.1) is 17.3 Å². The number of imidazole rings is 1. The maximum Gasteiger partial charge on any atom is 0.335 e. The first-order valence-electron chi connectivity index (χ1n) is 6.07. The fraction of sp³-hybridized carbons (Fsp3) is 0.154. The molecule has 1 atom stereocenters. The molecule has 4 N–H and O–H groups in total. The molecule has 2 amide bonds. The standard InChI is InChI=1S/C13H13BrN4O3/c1-7(11-15-4-5-16-11)17-13(21)18-10-3-2-8(12(19)20)6-9(10)14/h2-7H,1H3,(H,15,16)(H,19,20)(H2,17,18,21). The van der Waals surface area contributed by atoms with Gasteiger partial charge in [-0.15, -0.1) is 0 Å². The lowest BCUT2D eigenvalue weighted by molar-refractivity contribution is 0.0697. The molecule has 2 aromatic rings. The average Bonchev–Trinajstić information content (AvgIpc) is 2.94. The molecular weight excluding hydrogens is 340 g/mol. The van der Waals surface area contributed by atoms with E-state index in [1.54, 1.807) is 19.3 Å². The number of nitrogens with zero attached hydrogens (tertiary/aromatic N) is 1. The van der Waals surface area contributed by atoms with E-state index in [4.69, 9.17) is 5.11 Å². The van der Waals surface area contributed by atoms with Gasteiger partial charge in [0.1, 0.15) is 5.82 Å². The van der Waals surface area contributed by atoms with Gasteiger partial charge in [0.2, 0.25) is 0 Å². The molecule has 1 aromatic carbocycles. The minimum absolute atomic E-state index is 0.136. The predicted octanol–water partition coefficient (Wildman–Crippen LogP) is 2.75. The molecule has 0 fully saturated rings. The summed E-state index contributed by atoms with van der Waals surface area (Å²) in [6.45, 7) is 1.79. The Kier molecular flexibility index (Phi) is 4.59. The summed E-state index contributed by atoms with van der Waals surface area (Å²) in [5, 5.41) is 14.2. The van der Waals surface area contributed by atoms with Gasteiger partial charge in [-0.05, 0) is 41.1 Å². The Morgan fingerprint density at radius 2 is 2.19 bits per heavy atom. The predicted molar refractivity (Wildman–Crippen MR) is 80.3 cm³/mol. The van der Waals surface area contributed by atoms with Crippen molar-refractivity contribution in [1.82, 2.24) is 15.3 Å². The van der Waals surface area contributed by atoms with Crippen LogP contribution in [0.2, 0.25) is 0 Å². The molecule has 0 aliphatic rings. The highest BCUT2D eigenvalue weighted by Crippen LogP contribution is 2.23. The topological polar surface area (TPSA) is 107 Å². The summed E-state index contributed by atoms with van der Waals surface area (Å²) >= 11 is 3.22. The first kappa shape index (κ1) is 15.0. The first-order valence-corrected chi connectivity index (χ1v) is 6.86. The third-order valence-corrected chi connectivity index (χ3v) is 3.40. The van der Waals surface area contributed by atoms with Crippen molar-refractivity contribution in [3.05, 3.63) is 46.5 Å². The zero-order chi connectivity index (χ0) is 15.4. The second-order valence-corrected chi connectivity index (χ2v) is 5.15. The SMILES string of the molecule is CC(NC(=O)Nc1ccc(C(=O)O)cc1Br)c1ncc[nH]1. The number of amides is 2. The van der Waals surface area contributed by atoms with Crippen molar-refractivity contribution in [2.45, 2.75) is 13.0 Å². The van der Waals surface area contributed by atoms with E-state index < -0.39 is 12.0 Å². The second-order valence-electron chi connectivity index (χ2n) is 4.29. The van der Waals surface area contributed by atoms with Gasteiger partial charge in [-0.2, -0.15) is 0 Å². The van der Waals surface area contributed by atoms with E-state index in [1.165, 1.54) is 18.2 Å². The Balaban J connectivity index is 2.01. The van der Waals surface area contributed by atoms with Gasteiger partial charge >= 0.3 is 12.0 Å². The van der Waals surface area contributed by atoms with Crippen LogP contribution in [0.1, 0.15) is 29.1 Å². The van der Waals surface area contributed by atoms with Gasteiger partial charge in [0.25, 0.3) is 0 Å². The number of aromatic nitrogens is 2. The molecule has 0 aliphatic carbocycles. The van der Waals surface area contributed by atoms with Gasteiger partial charge < -0.3 is 20.7 Å². The van der Waals surface area contributed by atoms with Crippen molar-refractivity contribution in [1.29, 1.82) is 0 Å². The smallest absolute Gasteiger partial charge is 0.335 e. The fourth-order valence-electron chi connectivity index (χ4n) is 1.69. The molecule has 1 heterocycles. The van der Waals surface area contributed by atoms with Crippen LogP contribution in [-0.2, 0) is 0 Å². The molecule has 7 nitrogen and oxygen atoms in total. The van der Waals surface area contributed by atoms with E-state index in [1.807, 2.05) is 0 Å². The monoisotopic (exact) mass is 352 g/mol. The fourth-order valence-corrected chi connectivity index (χ4v) is 2.17. The molecule has 0 saturated carbocycles. The Hall–Kier alpha value is -2.35. The minimum atomic E-state index is -1.03. The molecule has 21 heavy (non-hydrogen) atoms. The number of nitrogens with one attached hydrogen (secondary N) is 3. The average molecular weight is 353 g/mol. The maximum absolute atomic E-state index is 11.9. The molecule has 2 rings (SSSR count). The van der Waals surface area contributed by atoms with E-state index in [-0.39, 0.29) is 11.6 Å². The van der Waals surface area contributed by atoms with Gasteiger partial charge in [-0.3, -0.25) is 0 Å². The molecule has 0 saturated heterocycles. The summed E-state index contributed by atoms with van der Waals surface area (Å²) in [5.41, 5.74) is 0.612. The van der Waals surface area contributed by atoms with E-state index >= 15 is 0 Å². The Morgan fingerprint density at radius 1 is 1.43 bits per heavy atom. The highest BCUT2D eigenvalue weighted by atomic mass is 79.9. The summed E-state index contributed by atoms with van der Waals surface area (Å²) < 4.78 is 0.489. The molecule has 1 aromatic heterocycles. The second kappa shape index (κ2) is 6.40. The summed E-state index contributed by atoms with van der Waals surface area (Å²) in [4.78, 5) is 29.7. The van der Waals surface area contributed by atoms with E-state index in [0.29, 0.717) is 16.0 Å². The van der Waals surface area contributed by atoms with Crippen LogP contribution in [0.25, 0.3) is 0 Å². The van der Waals surface area contributed by atoms with Crippen molar-refractivity contribution in [3.8, 4) is 0 Å². The highest BCUT2D eigenvalue weighted by molar-refractivity contribution is 9.10. The van der Waals surface area contributed by atoms with E-state index in [9.17, 15) is 9.59 Å². The largest absolute Gasteiger partial charge is 0.478 e. The molecular formula is C13H13BrN4O3. The molecule has 0 spiro atoms. The number of carbonyl (C=O) groups excluding carboxylic acids is 1. The maximum atomic E-state index is 11.9. The first-order chi connectivity index (χ1) is 9.97. The van der Waals surface area contributed by atoms with E-state index in [0.717, 1.165) is 0 Å². The van der Waals surface area contributed by atoms with Gasteiger partial charge in [0, 0.05) is 16.9 Å². The van der Waals surface area contributed by atoms with Crippen molar-refractivity contribution in [2.75, 3.05) is 5.32 Å². The lowest BCUT2D eigenvalue weighted by atomic mass is 10.2. The third-order valence-electron chi connectivity index (χ3n) is 2.74. The number of hydrogen-bond donors (Lipinski definition) is 4. The minimum Gasteiger partial charge on any atom is -0.478 e. The van der Waals surface area contributed by atoms with Crippen LogP contribution in [0.4, 0.5) is 10.5 Å². The van der Waals surface area contributed by atoms with Crippen LogP contribution in [0.3, 0.4) is 0 Å². The number of urea groups is 1. The van der Waals surface area contributed by atoms with Gasteiger partial charge in [-0.25, -0.2) is 14.6 Å². The number of halogens is 1.